The van der Waals surface area contributed by atoms with Crippen LogP contribution < -0.4 is 10.6 Å². The first kappa shape index (κ1) is 15.8. The van der Waals surface area contributed by atoms with Crippen molar-refractivity contribution in [2.24, 2.45) is 0 Å². The minimum Gasteiger partial charge on any atom is -0.395 e. The Morgan fingerprint density at radius 1 is 1.24 bits per heavy atom. The predicted molar refractivity (Wildman–Crippen MR) is 86.9 cm³/mol. The topological polar surface area (TPSA) is 78.5 Å². The number of rotatable bonds is 3. The molecule has 114 valence electrons. The molecule has 0 unspecified atom stereocenters. The van der Waals surface area contributed by atoms with E-state index in [1.54, 1.807) is 6.20 Å². The van der Waals surface area contributed by atoms with E-state index >= 15 is 0 Å². The van der Waals surface area contributed by atoms with Crippen LogP contribution in [0.4, 0.5) is 11.6 Å². The molecule has 2 aromatic heterocycles. The molecule has 0 amide bonds. The number of aliphatic hydroxyl groups is 1. The van der Waals surface area contributed by atoms with Crippen molar-refractivity contribution in [1.82, 2.24) is 14.9 Å². The Labute approximate surface area is 130 Å². The number of hydrogen-bond acceptors (Lipinski definition) is 6. The molecule has 7 heteroatoms. The zero-order valence-corrected chi connectivity index (χ0v) is 12.6. The van der Waals surface area contributed by atoms with Gasteiger partial charge in [0.2, 0.25) is 0 Å². The Morgan fingerprint density at radius 2 is 2.00 bits per heavy atom. The van der Waals surface area contributed by atoms with Crippen LogP contribution in [-0.4, -0.2) is 59.3 Å². The van der Waals surface area contributed by atoms with Gasteiger partial charge in [0.15, 0.2) is 5.82 Å². The molecule has 3 rings (SSSR count). The zero-order chi connectivity index (χ0) is 13.9. The minimum atomic E-state index is 0. The molecule has 0 aromatic carbocycles. The Balaban J connectivity index is 0.00000161. The van der Waals surface area contributed by atoms with Crippen LogP contribution in [0.25, 0.3) is 10.9 Å². The molecule has 0 saturated carbocycles. The Hall–Kier alpha value is -1.63. The standard InChI is InChI=1S/C14H19N5O.ClH/c15-12-10-11-2-1-3-16-13(11)14(17-12)19-6-4-18(5-7-19)8-9-20;/h1-3,10,20H,4-9H2,(H2,15,17);1H. The monoisotopic (exact) mass is 309 g/mol. The molecule has 3 N–H and O–H groups in total. The molecule has 0 radical (unpaired) electrons. The van der Waals surface area contributed by atoms with E-state index in [-0.39, 0.29) is 19.0 Å². The van der Waals surface area contributed by atoms with Gasteiger partial charge in [-0.2, -0.15) is 0 Å². The van der Waals surface area contributed by atoms with Crippen LogP contribution in [-0.2, 0) is 0 Å². The summed E-state index contributed by atoms with van der Waals surface area (Å²) in [5.74, 6) is 1.39. The summed E-state index contributed by atoms with van der Waals surface area (Å²) in [5, 5.41) is 10.0. The fourth-order valence-electron chi connectivity index (χ4n) is 2.63. The van der Waals surface area contributed by atoms with E-state index in [4.69, 9.17) is 10.8 Å². The maximum Gasteiger partial charge on any atom is 0.157 e. The molecule has 6 nitrogen and oxygen atoms in total. The average molecular weight is 310 g/mol. The van der Waals surface area contributed by atoms with Gasteiger partial charge in [-0.05, 0) is 12.1 Å². The highest BCUT2D eigenvalue weighted by Gasteiger charge is 2.20. The number of fused-ring (bicyclic) bond motifs is 1. The lowest BCUT2D eigenvalue weighted by molar-refractivity contribution is 0.188. The summed E-state index contributed by atoms with van der Waals surface area (Å²) in [5.41, 5.74) is 6.80. The number of aromatic nitrogens is 2. The fourth-order valence-corrected chi connectivity index (χ4v) is 2.63. The normalized spacial score (nSPS) is 16.0. The van der Waals surface area contributed by atoms with Crippen molar-refractivity contribution < 1.29 is 5.11 Å². The molecule has 1 saturated heterocycles. The van der Waals surface area contributed by atoms with E-state index < -0.39 is 0 Å². The molecule has 2 aromatic rings. The summed E-state index contributed by atoms with van der Waals surface area (Å²) < 4.78 is 0. The lowest BCUT2D eigenvalue weighted by Crippen LogP contribution is -2.47. The van der Waals surface area contributed by atoms with E-state index in [0.29, 0.717) is 5.82 Å². The number of piperazine rings is 1. The summed E-state index contributed by atoms with van der Waals surface area (Å²) in [6.07, 6.45) is 1.78. The van der Waals surface area contributed by atoms with Gasteiger partial charge in [-0.15, -0.1) is 12.4 Å². The highest BCUT2D eigenvalue weighted by atomic mass is 35.5. The second-order valence-corrected chi connectivity index (χ2v) is 5.00. The van der Waals surface area contributed by atoms with Gasteiger partial charge < -0.3 is 15.7 Å². The van der Waals surface area contributed by atoms with Gasteiger partial charge in [0.05, 0.1) is 6.61 Å². The highest BCUT2D eigenvalue weighted by Crippen LogP contribution is 2.25. The van der Waals surface area contributed by atoms with Crippen LogP contribution in [0.3, 0.4) is 0 Å². The number of halogens is 1. The van der Waals surface area contributed by atoms with Gasteiger partial charge >= 0.3 is 0 Å². The quantitative estimate of drug-likeness (QED) is 0.871. The Kier molecular flexibility index (Phi) is 5.17. The van der Waals surface area contributed by atoms with Crippen LogP contribution in [0.1, 0.15) is 0 Å². The van der Waals surface area contributed by atoms with Crippen molar-refractivity contribution in [3.8, 4) is 0 Å². The average Bonchev–Trinajstić information content (AvgIpc) is 2.47. The lowest BCUT2D eigenvalue weighted by Gasteiger charge is -2.35. The molecular weight excluding hydrogens is 290 g/mol. The Morgan fingerprint density at radius 3 is 2.71 bits per heavy atom. The van der Waals surface area contributed by atoms with E-state index in [1.807, 2.05) is 18.2 Å². The molecular formula is C14H20ClN5O. The SMILES string of the molecule is Cl.Nc1cc2cccnc2c(N2CCN(CCO)CC2)n1. The summed E-state index contributed by atoms with van der Waals surface area (Å²) >= 11 is 0. The van der Waals surface area contributed by atoms with E-state index in [1.165, 1.54) is 0 Å². The number of nitrogens with two attached hydrogens (primary N) is 1. The number of β-amino-alcohol motifs (C(OH)–C–C–N with tert-alkyl or cyclic N) is 1. The van der Waals surface area contributed by atoms with Crippen LogP contribution in [0.2, 0.25) is 0 Å². The first-order chi connectivity index (χ1) is 9.78. The van der Waals surface area contributed by atoms with Crippen molar-refractivity contribution >= 4 is 34.9 Å². The molecule has 0 spiro atoms. The second-order valence-electron chi connectivity index (χ2n) is 5.00. The van der Waals surface area contributed by atoms with Crippen molar-refractivity contribution in [3.63, 3.8) is 0 Å². The molecule has 3 heterocycles. The first-order valence-electron chi connectivity index (χ1n) is 6.87. The third-order valence-electron chi connectivity index (χ3n) is 3.68. The summed E-state index contributed by atoms with van der Waals surface area (Å²) in [6.45, 7) is 4.54. The van der Waals surface area contributed by atoms with Gasteiger partial charge in [0.25, 0.3) is 0 Å². The number of aliphatic hydroxyl groups excluding tert-OH is 1. The van der Waals surface area contributed by atoms with Crippen LogP contribution >= 0.6 is 12.4 Å². The lowest BCUT2D eigenvalue weighted by atomic mass is 10.2. The molecule has 0 atom stereocenters. The first-order valence-corrected chi connectivity index (χ1v) is 6.87. The number of pyridine rings is 2. The molecule has 0 aliphatic carbocycles. The van der Waals surface area contributed by atoms with Gasteiger partial charge in [0.1, 0.15) is 11.3 Å². The van der Waals surface area contributed by atoms with Gasteiger partial charge in [-0.1, -0.05) is 6.07 Å². The second kappa shape index (κ2) is 6.89. The molecule has 1 aliphatic rings. The van der Waals surface area contributed by atoms with E-state index in [9.17, 15) is 0 Å². The zero-order valence-electron chi connectivity index (χ0n) is 11.8. The minimum absolute atomic E-state index is 0. The predicted octanol–water partition coefficient (Wildman–Crippen LogP) is 0.748. The van der Waals surface area contributed by atoms with Crippen molar-refractivity contribution in [1.29, 1.82) is 0 Å². The van der Waals surface area contributed by atoms with Crippen molar-refractivity contribution in [2.45, 2.75) is 0 Å². The maximum atomic E-state index is 8.99. The van der Waals surface area contributed by atoms with E-state index in [0.717, 1.165) is 49.4 Å². The van der Waals surface area contributed by atoms with E-state index in [2.05, 4.69) is 19.8 Å². The number of anilines is 2. The van der Waals surface area contributed by atoms with Gasteiger partial charge in [-0.3, -0.25) is 9.88 Å². The van der Waals surface area contributed by atoms with Crippen LogP contribution in [0.5, 0.6) is 0 Å². The molecule has 1 fully saturated rings. The third kappa shape index (κ3) is 3.34. The summed E-state index contributed by atoms with van der Waals surface area (Å²) in [7, 11) is 0. The number of hydrogen-bond donors (Lipinski definition) is 2. The molecule has 21 heavy (non-hydrogen) atoms. The van der Waals surface area contributed by atoms with Crippen LogP contribution in [0, 0.1) is 0 Å². The van der Waals surface area contributed by atoms with Crippen molar-refractivity contribution in [2.75, 3.05) is 50.0 Å². The number of nitrogens with zero attached hydrogens (tertiary/aromatic N) is 4. The largest absolute Gasteiger partial charge is 0.395 e. The fraction of sp³-hybridized carbons (Fsp3) is 0.429. The highest BCUT2D eigenvalue weighted by molar-refractivity contribution is 5.90. The van der Waals surface area contributed by atoms with Crippen molar-refractivity contribution in [3.05, 3.63) is 24.4 Å². The van der Waals surface area contributed by atoms with Gasteiger partial charge in [0, 0.05) is 44.3 Å². The summed E-state index contributed by atoms with van der Waals surface area (Å²) in [6, 6.07) is 5.77. The van der Waals surface area contributed by atoms with Crippen LogP contribution in [0.15, 0.2) is 24.4 Å². The summed E-state index contributed by atoms with van der Waals surface area (Å²) in [4.78, 5) is 13.4. The third-order valence-corrected chi connectivity index (χ3v) is 3.68. The molecule has 1 aliphatic heterocycles. The smallest absolute Gasteiger partial charge is 0.157 e. The van der Waals surface area contributed by atoms with Gasteiger partial charge in [-0.25, -0.2) is 4.98 Å². The number of nitrogen functional groups attached to an aromatic ring is 1. The molecule has 0 bridgehead atoms. The Bertz CT molecular complexity index is 601. The maximum absolute atomic E-state index is 8.99.